The molecule has 1 unspecified atom stereocenters. The van der Waals surface area contributed by atoms with Gasteiger partial charge in [0.25, 0.3) is 5.91 Å². The van der Waals surface area contributed by atoms with Crippen molar-refractivity contribution in [2.75, 3.05) is 5.32 Å². The zero-order valence-electron chi connectivity index (χ0n) is 11.2. The maximum absolute atomic E-state index is 11.8. The molecule has 0 saturated heterocycles. The third-order valence-corrected chi connectivity index (χ3v) is 2.40. The molecule has 1 aromatic rings. The molecule has 1 atom stereocenters. The Balaban J connectivity index is 2.50. The summed E-state index contributed by atoms with van der Waals surface area (Å²) in [6, 6.07) is 3.15. The normalized spacial score (nSPS) is 12.6. The van der Waals surface area contributed by atoms with Crippen molar-refractivity contribution in [3.05, 3.63) is 47.7 Å². The van der Waals surface area contributed by atoms with Crippen LogP contribution in [-0.2, 0) is 14.3 Å². The number of halogens is 1. The number of anilines is 1. The first-order valence-corrected chi connectivity index (χ1v) is 6.33. The lowest BCUT2D eigenvalue weighted by Crippen LogP contribution is -2.29. The fraction of sp³-hybridized carbons (Fsp3) is 0.214. The standard InChI is InChI=1S/C14H15ClN2O3/c1-3-4-5-6-13(18)20-10(2)14(19)17-12-8-7-11(15)9-16-12/h3-10H,1-2H3,(H,16,17,19)/b4-3+,6-5+. The van der Waals surface area contributed by atoms with Crippen LogP contribution < -0.4 is 5.32 Å². The van der Waals surface area contributed by atoms with E-state index in [4.69, 9.17) is 16.3 Å². The monoisotopic (exact) mass is 294 g/mol. The van der Waals surface area contributed by atoms with E-state index < -0.39 is 18.0 Å². The lowest BCUT2D eigenvalue weighted by atomic mass is 10.3. The molecule has 6 heteroatoms. The lowest BCUT2D eigenvalue weighted by molar-refractivity contribution is -0.148. The Morgan fingerprint density at radius 2 is 2.15 bits per heavy atom. The predicted octanol–water partition coefficient (Wildman–Crippen LogP) is 2.74. The number of hydrogen-bond acceptors (Lipinski definition) is 4. The average Bonchev–Trinajstić information content (AvgIpc) is 2.41. The Morgan fingerprint density at radius 1 is 1.40 bits per heavy atom. The van der Waals surface area contributed by atoms with Crippen molar-refractivity contribution >= 4 is 29.3 Å². The minimum absolute atomic E-state index is 0.340. The van der Waals surface area contributed by atoms with E-state index in [0.29, 0.717) is 10.8 Å². The number of ether oxygens (including phenoxy) is 1. The van der Waals surface area contributed by atoms with E-state index in [-0.39, 0.29) is 0 Å². The summed E-state index contributed by atoms with van der Waals surface area (Å²) in [6.07, 6.45) is 6.72. The van der Waals surface area contributed by atoms with Crippen molar-refractivity contribution < 1.29 is 14.3 Å². The Kier molecular flexibility index (Phi) is 6.46. The molecule has 0 aromatic carbocycles. The maximum atomic E-state index is 11.8. The molecule has 0 bridgehead atoms. The van der Waals surface area contributed by atoms with Gasteiger partial charge in [-0.1, -0.05) is 29.8 Å². The van der Waals surface area contributed by atoms with E-state index in [0.717, 1.165) is 0 Å². The number of esters is 1. The molecule has 20 heavy (non-hydrogen) atoms. The second-order valence-corrected chi connectivity index (χ2v) is 4.25. The molecule has 5 nitrogen and oxygen atoms in total. The number of allylic oxidation sites excluding steroid dienone is 3. The molecule has 0 spiro atoms. The van der Waals surface area contributed by atoms with Gasteiger partial charge in [-0.15, -0.1) is 0 Å². The minimum Gasteiger partial charge on any atom is -0.449 e. The molecule has 1 aromatic heterocycles. The molecule has 1 N–H and O–H groups in total. The minimum atomic E-state index is -0.921. The zero-order valence-corrected chi connectivity index (χ0v) is 11.9. The Bertz CT molecular complexity index is 524. The van der Waals surface area contributed by atoms with Crippen LogP contribution in [0, 0.1) is 0 Å². The van der Waals surface area contributed by atoms with Gasteiger partial charge >= 0.3 is 5.97 Å². The number of hydrogen-bond donors (Lipinski definition) is 1. The van der Waals surface area contributed by atoms with Gasteiger partial charge in [-0.3, -0.25) is 4.79 Å². The van der Waals surface area contributed by atoms with Crippen LogP contribution in [-0.4, -0.2) is 23.0 Å². The summed E-state index contributed by atoms with van der Waals surface area (Å²) in [5, 5.41) is 2.99. The second-order valence-electron chi connectivity index (χ2n) is 3.81. The summed E-state index contributed by atoms with van der Waals surface area (Å²) < 4.78 is 4.93. The highest BCUT2D eigenvalue weighted by Gasteiger charge is 2.16. The highest BCUT2D eigenvalue weighted by molar-refractivity contribution is 6.30. The molecule has 0 fully saturated rings. The van der Waals surface area contributed by atoms with Gasteiger partial charge in [0.05, 0.1) is 5.02 Å². The number of nitrogens with one attached hydrogen (secondary N) is 1. The SMILES string of the molecule is C/C=C/C=C/C(=O)OC(C)C(=O)Nc1ccc(Cl)cn1. The summed E-state index contributed by atoms with van der Waals surface area (Å²) in [4.78, 5) is 27.1. The zero-order chi connectivity index (χ0) is 15.0. The van der Waals surface area contributed by atoms with Gasteiger partial charge < -0.3 is 10.1 Å². The number of nitrogens with zero attached hydrogens (tertiary/aromatic N) is 1. The first kappa shape index (κ1) is 15.9. The van der Waals surface area contributed by atoms with Crippen molar-refractivity contribution in [3.8, 4) is 0 Å². The molecule has 0 saturated carbocycles. The number of pyridine rings is 1. The number of carbonyl (C=O) groups is 2. The Labute approximate surface area is 122 Å². The summed E-state index contributed by atoms with van der Waals surface area (Å²) in [5.41, 5.74) is 0. The smallest absolute Gasteiger partial charge is 0.331 e. The van der Waals surface area contributed by atoms with Gasteiger partial charge in [0.1, 0.15) is 5.82 Å². The molecule has 106 valence electrons. The van der Waals surface area contributed by atoms with Crippen LogP contribution in [0.15, 0.2) is 42.6 Å². The molecule has 1 amide bonds. The summed E-state index contributed by atoms with van der Waals surface area (Å²) >= 11 is 5.68. The Hall–Kier alpha value is -2.14. The van der Waals surface area contributed by atoms with E-state index in [1.807, 2.05) is 6.92 Å². The van der Waals surface area contributed by atoms with Crippen LogP contribution in [0.1, 0.15) is 13.8 Å². The molecular weight excluding hydrogens is 280 g/mol. The third-order valence-electron chi connectivity index (χ3n) is 2.18. The van der Waals surface area contributed by atoms with E-state index in [2.05, 4.69) is 10.3 Å². The summed E-state index contributed by atoms with van der Waals surface area (Å²) in [7, 11) is 0. The van der Waals surface area contributed by atoms with Crippen LogP contribution in [0.25, 0.3) is 0 Å². The summed E-state index contributed by atoms with van der Waals surface area (Å²) in [5.74, 6) is -0.714. The van der Waals surface area contributed by atoms with Gasteiger partial charge in [0.15, 0.2) is 6.10 Å². The van der Waals surface area contributed by atoms with Gasteiger partial charge in [0.2, 0.25) is 0 Å². The number of carbonyl (C=O) groups excluding carboxylic acids is 2. The third kappa shape index (κ3) is 5.67. The van der Waals surface area contributed by atoms with Crippen molar-refractivity contribution in [2.24, 2.45) is 0 Å². The van der Waals surface area contributed by atoms with Crippen LogP contribution in [0.2, 0.25) is 5.02 Å². The van der Waals surface area contributed by atoms with Gasteiger partial charge in [-0.25, -0.2) is 9.78 Å². The van der Waals surface area contributed by atoms with Crippen LogP contribution in [0.4, 0.5) is 5.82 Å². The molecule has 0 aliphatic rings. The van der Waals surface area contributed by atoms with Gasteiger partial charge in [0, 0.05) is 12.3 Å². The van der Waals surface area contributed by atoms with E-state index in [9.17, 15) is 9.59 Å². The van der Waals surface area contributed by atoms with Gasteiger partial charge in [-0.2, -0.15) is 0 Å². The molecule has 1 heterocycles. The maximum Gasteiger partial charge on any atom is 0.331 e. The van der Waals surface area contributed by atoms with Crippen LogP contribution in [0.3, 0.4) is 0 Å². The van der Waals surface area contributed by atoms with Crippen molar-refractivity contribution in [2.45, 2.75) is 20.0 Å². The van der Waals surface area contributed by atoms with Crippen LogP contribution >= 0.6 is 11.6 Å². The van der Waals surface area contributed by atoms with Crippen molar-refractivity contribution in [3.63, 3.8) is 0 Å². The quantitative estimate of drug-likeness (QED) is 0.515. The van der Waals surface area contributed by atoms with Crippen molar-refractivity contribution in [1.29, 1.82) is 0 Å². The Morgan fingerprint density at radius 3 is 2.75 bits per heavy atom. The number of amides is 1. The largest absolute Gasteiger partial charge is 0.449 e. The molecule has 0 aliphatic heterocycles. The molecule has 1 rings (SSSR count). The first-order valence-electron chi connectivity index (χ1n) is 5.95. The lowest BCUT2D eigenvalue weighted by Gasteiger charge is -2.11. The van der Waals surface area contributed by atoms with E-state index in [1.165, 1.54) is 25.3 Å². The average molecular weight is 295 g/mol. The highest BCUT2D eigenvalue weighted by atomic mass is 35.5. The molecular formula is C14H15ClN2O3. The second kappa shape index (κ2) is 8.12. The van der Waals surface area contributed by atoms with E-state index >= 15 is 0 Å². The summed E-state index contributed by atoms with van der Waals surface area (Å²) in [6.45, 7) is 3.30. The molecule has 0 radical (unpaired) electrons. The van der Waals surface area contributed by atoms with Crippen LogP contribution in [0.5, 0.6) is 0 Å². The highest BCUT2D eigenvalue weighted by Crippen LogP contribution is 2.10. The van der Waals surface area contributed by atoms with E-state index in [1.54, 1.807) is 24.3 Å². The topological polar surface area (TPSA) is 68.3 Å². The van der Waals surface area contributed by atoms with Gasteiger partial charge in [-0.05, 0) is 26.0 Å². The fourth-order valence-electron chi connectivity index (χ4n) is 1.19. The number of rotatable bonds is 5. The number of aromatic nitrogens is 1. The molecule has 0 aliphatic carbocycles. The predicted molar refractivity (Wildman–Crippen MR) is 77.4 cm³/mol. The first-order chi connectivity index (χ1) is 9.52. The fourth-order valence-corrected chi connectivity index (χ4v) is 1.30. The van der Waals surface area contributed by atoms with Crippen molar-refractivity contribution in [1.82, 2.24) is 4.98 Å².